The highest BCUT2D eigenvalue weighted by Gasteiger charge is 2.45. The number of hydrogen-bond acceptors (Lipinski definition) is 1. The molecule has 3 unspecified atom stereocenters. The van der Waals surface area contributed by atoms with Crippen molar-refractivity contribution in [2.75, 3.05) is 0 Å². The minimum Gasteiger partial charge on any atom is -0.393 e. The average Bonchev–Trinajstić information content (AvgIpc) is 2.29. The van der Waals surface area contributed by atoms with Crippen molar-refractivity contribution < 1.29 is 5.11 Å². The number of aliphatic hydroxyl groups excluding tert-OH is 1. The molecule has 0 aromatic rings. The lowest BCUT2D eigenvalue weighted by Gasteiger charge is -2.35. The molecule has 11 heavy (non-hydrogen) atoms. The van der Waals surface area contributed by atoms with E-state index in [4.69, 9.17) is 0 Å². The highest BCUT2D eigenvalue weighted by Crippen LogP contribution is 2.49. The first-order valence-electron chi connectivity index (χ1n) is 4.56. The number of allylic oxidation sites excluding steroid dienone is 2. The fourth-order valence-electron chi connectivity index (χ4n) is 2.58. The van der Waals surface area contributed by atoms with Gasteiger partial charge in [-0.05, 0) is 31.6 Å². The Bertz CT molecular complexity index is 185. The van der Waals surface area contributed by atoms with Gasteiger partial charge in [0.2, 0.25) is 0 Å². The predicted molar refractivity (Wildman–Crippen MR) is 45.2 cm³/mol. The van der Waals surface area contributed by atoms with Gasteiger partial charge in [0, 0.05) is 5.41 Å². The first-order valence-corrected chi connectivity index (χ1v) is 4.56. The zero-order chi connectivity index (χ0) is 7.90. The Morgan fingerprint density at radius 1 is 1.36 bits per heavy atom. The van der Waals surface area contributed by atoms with Gasteiger partial charge in [0.15, 0.2) is 0 Å². The van der Waals surface area contributed by atoms with Gasteiger partial charge in [0.05, 0.1) is 6.10 Å². The molecule has 1 heteroatoms. The van der Waals surface area contributed by atoms with E-state index >= 15 is 0 Å². The van der Waals surface area contributed by atoms with E-state index < -0.39 is 0 Å². The van der Waals surface area contributed by atoms with Gasteiger partial charge in [0.25, 0.3) is 0 Å². The van der Waals surface area contributed by atoms with Gasteiger partial charge >= 0.3 is 0 Å². The van der Waals surface area contributed by atoms with E-state index in [-0.39, 0.29) is 11.5 Å². The molecule has 0 radical (unpaired) electrons. The zero-order valence-corrected chi connectivity index (χ0v) is 7.09. The standard InChI is InChI=1S/C10H16O/c1-10-7-3-2-4-8(10)5-6-9(10)11/h2-3,8-9,11H,4-7H2,1H3. The van der Waals surface area contributed by atoms with Gasteiger partial charge in [0.1, 0.15) is 0 Å². The van der Waals surface area contributed by atoms with Crippen LogP contribution in [-0.2, 0) is 0 Å². The monoisotopic (exact) mass is 152 g/mol. The van der Waals surface area contributed by atoms with Crippen molar-refractivity contribution in [3.8, 4) is 0 Å². The fourth-order valence-corrected chi connectivity index (χ4v) is 2.58. The van der Waals surface area contributed by atoms with Crippen LogP contribution in [0.15, 0.2) is 12.2 Å². The molecular formula is C10H16O. The van der Waals surface area contributed by atoms with E-state index in [1.165, 1.54) is 12.8 Å². The maximum absolute atomic E-state index is 9.75. The lowest BCUT2D eigenvalue weighted by molar-refractivity contribution is 0.0389. The summed E-state index contributed by atoms with van der Waals surface area (Å²) in [5, 5.41) is 9.75. The summed E-state index contributed by atoms with van der Waals surface area (Å²) >= 11 is 0. The van der Waals surface area contributed by atoms with Crippen LogP contribution < -0.4 is 0 Å². The molecule has 62 valence electrons. The summed E-state index contributed by atoms with van der Waals surface area (Å²) in [5.74, 6) is 0.752. The Morgan fingerprint density at radius 3 is 2.91 bits per heavy atom. The van der Waals surface area contributed by atoms with Crippen molar-refractivity contribution in [1.82, 2.24) is 0 Å². The first kappa shape index (κ1) is 7.35. The molecule has 0 heterocycles. The Hall–Kier alpha value is -0.300. The van der Waals surface area contributed by atoms with Crippen molar-refractivity contribution in [3.05, 3.63) is 12.2 Å². The highest BCUT2D eigenvalue weighted by atomic mass is 16.3. The Labute approximate surface area is 68.1 Å². The van der Waals surface area contributed by atoms with Gasteiger partial charge in [-0.1, -0.05) is 19.1 Å². The van der Waals surface area contributed by atoms with Gasteiger partial charge < -0.3 is 5.11 Å². The van der Waals surface area contributed by atoms with E-state index in [1.807, 2.05) is 0 Å². The SMILES string of the molecule is CC12CC=CCC1CCC2O. The molecule has 0 aromatic heterocycles. The number of rotatable bonds is 0. The van der Waals surface area contributed by atoms with Crippen molar-refractivity contribution in [3.63, 3.8) is 0 Å². The predicted octanol–water partition coefficient (Wildman–Crippen LogP) is 2.11. The molecular weight excluding hydrogens is 136 g/mol. The molecule has 2 aliphatic rings. The number of fused-ring (bicyclic) bond motifs is 1. The van der Waals surface area contributed by atoms with Crippen molar-refractivity contribution in [1.29, 1.82) is 0 Å². The Morgan fingerprint density at radius 2 is 2.18 bits per heavy atom. The maximum atomic E-state index is 9.75. The molecule has 0 amide bonds. The van der Waals surface area contributed by atoms with E-state index in [0.717, 1.165) is 18.8 Å². The van der Waals surface area contributed by atoms with Crippen LogP contribution in [0.4, 0.5) is 0 Å². The summed E-state index contributed by atoms with van der Waals surface area (Å²) in [6.45, 7) is 2.23. The van der Waals surface area contributed by atoms with E-state index in [2.05, 4.69) is 19.1 Å². The quantitative estimate of drug-likeness (QED) is 0.527. The van der Waals surface area contributed by atoms with Crippen LogP contribution >= 0.6 is 0 Å². The molecule has 0 bridgehead atoms. The summed E-state index contributed by atoms with van der Waals surface area (Å²) in [6.07, 6.45) is 8.96. The molecule has 3 atom stereocenters. The molecule has 1 saturated carbocycles. The molecule has 2 rings (SSSR count). The third kappa shape index (κ3) is 0.943. The topological polar surface area (TPSA) is 20.2 Å². The first-order chi connectivity index (χ1) is 5.23. The molecule has 1 fully saturated rings. The zero-order valence-electron chi connectivity index (χ0n) is 7.09. The van der Waals surface area contributed by atoms with Crippen LogP contribution in [0, 0.1) is 11.3 Å². The van der Waals surface area contributed by atoms with Crippen molar-refractivity contribution in [2.45, 2.75) is 38.7 Å². The summed E-state index contributed by atoms with van der Waals surface area (Å²) in [6, 6.07) is 0. The second-order valence-electron chi connectivity index (χ2n) is 4.21. The lowest BCUT2D eigenvalue weighted by atomic mass is 9.71. The molecule has 0 saturated heterocycles. The minimum absolute atomic E-state index is 0.0440. The van der Waals surface area contributed by atoms with Crippen LogP contribution in [-0.4, -0.2) is 11.2 Å². The van der Waals surface area contributed by atoms with Crippen LogP contribution in [0.5, 0.6) is 0 Å². The van der Waals surface area contributed by atoms with Crippen molar-refractivity contribution in [2.24, 2.45) is 11.3 Å². The second kappa shape index (κ2) is 2.34. The van der Waals surface area contributed by atoms with Gasteiger partial charge in [-0.25, -0.2) is 0 Å². The summed E-state index contributed by atoms with van der Waals surface area (Å²) in [4.78, 5) is 0. The fraction of sp³-hybridized carbons (Fsp3) is 0.800. The minimum atomic E-state index is -0.0440. The Balaban J connectivity index is 2.24. The van der Waals surface area contributed by atoms with Gasteiger partial charge in [-0.15, -0.1) is 0 Å². The normalized spacial score (nSPS) is 49.3. The molecule has 1 nitrogen and oxygen atoms in total. The third-order valence-electron chi connectivity index (χ3n) is 3.63. The summed E-state index contributed by atoms with van der Waals surface area (Å²) in [7, 11) is 0. The van der Waals surface area contributed by atoms with E-state index in [9.17, 15) is 5.11 Å². The van der Waals surface area contributed by atoms with Crippen molar-refractivity contribution >= 4 is 0 Å². The van der Waals surface area contributed by atoms with Crippen LogP contribution in [0.2, 0.25) is 0 Å². The van der Waals surface area contributed by atoms with E-state index in [1.54, 1.807) is 0 Å². The van der Waals surface area contributed by atoms with E-state index in [0.29, 0.717) is 0 Å². The average molecular weight is 152 g/mol. The van der Waals surface area contributed by atoms with Gasteiger partial charge in [-0.2, -0.15) is 0 Å². The third-order valence-corrected chi connectivity index (χ3v) is 3.63. The van der Waals surface area contributed by atoms with Gasteiger partial charge in [-0.3, -0.25) is 0 Å². The molecule has 2 aliphatic carbocycles. The summed E-state index contributed by atoms with van der Waals surface area (Å²) in [5.41, 5.74) is 0.217. The number of aliphatic hydroxyl groups is 1. The Kier molecular flexibility index (Phi) is 1.57. The van der Waals surface area contributed by atoms with Crippen LogP contribution in [0.1, 0.15) is 32.6 Å². The molecule has 0 spiro atoms. The molecule has 1 N–H and O–H groups in total. The highest BCUT2D eigenvalue weighted by molar-refractivity contribution is 5.06. The molecule has 0 aliphatic heterocycles. The maximum Gasteiger partial charge on any atom is 0.0599 e. The number of hydrogen-bond donors (Lipinski definition) is 1. The second-order valence-corrected chi connectivity index (χ2v) is 4.21. The lowest BCUT2D eigenvalue weighted by Crippen LogP contribution is -2.33. The van der Waals surface area contributed by atoms with Crippen LogP contribution in [0.25, 0.3) is 0 Å². The van der Waals surface area contributed by atoms with Crippen LogP contribution in [0.3, 0.4) is 0 Å². The smallest absolute Gasteiger partial charge is 0.0599 e. The summed E-state index contributed by atoms with van der Waals surface area (Å²) < 4.78 is 0. The largest absolute Gasteiger partial charge is 0.393 e. The molecule has 0 aromatic carbocycles.